The molecule has 2 aromatic rings. The van der Waals surface area contributed by atoms with Crippen molar-refractivity contribution in [1.29, 1.82) is 0 Å². The average molecular weight is 331 g/mol. The molecular formula is C16H17N3O3S. The Morgan fingerprint density at radius 3 is 2.48 bits per heavy atom. The molecule has 0 unspecified atom stereocenters. The number of hydrogen-bond acceptors (Lipinski definition) is 4. The molecule has 0 spiro atoms. The summed E-state index contributed by atoms with van der Waals surface area (Å²) in [6.07, 6.45) is 1.62. The Hall–Kier alpha value is -2.67. The first-order valence-electron chi connectivity index (χ1n) is 6.95. The molecule has 2 amide bonds. The number of para-hydroxylation sites is 1. The molecule has 2 rings (SSSR count). The van der Waals surface area contributed by atoms with Gasteiger partial charge in [0.15, 0.2) is 6.61 Å². The highest BCUT2D eigenvalue weighted by Crippen LogP contribution is 2.21. The number of benzene rings is 1. The predicted molar refractivity (Wildman–Crippen MR) is 88.6 cm³/mol. The number of carbonyl (C=O) groups excluding carboxylic acids is 2. The molecule has 0 aliphatic heterocycles. The molecule has 0 radical (unpaired) electrons. The number of amides is 2. The number of hydrazine groups is 1. The van der Waals surface area contributed by atoms with Crippen molar-refractivity contribution in [1.82, 2.24) is 15.8 Å². The van der Waals surface area contributed by atoms with Crippen molar-refractivity contribution in [2.24, 2.45) is 0 Å². The number of aromatic amines is 1. The van der Waals surface area contributed by atoms with Crippen molar-refractivity contribution in [2.45, 2.75) is 13.8 Å². The standard InChI is InChI=1S/C16H17N3O3S/c1-10-5-3-6-11(2)14(10)22-9-13(20)18-19-15(21)12-7-4-8-17-16(12)23/h3-8H,9H2,1-2H3,(H,17,23)(H,18,20)(H,19,21). The maximum absolute atomic E-state index is 11.9. The van der Waals surface area contributed by atoms with E-state index in [0.717, 1.165) is 11.1 Å². The molecule has 23 heavy (non-hydrogen) atoms. The summed E-state index contributed by atoms with van der Waals surface area (Å²) in [5, 5.41) is 0. The van der Waals surface area contributed by atoms with Crippen molar-refractivity contribution in [3.8, 4) is 5.75 Å². The summed E-state index contributed by atoms with van der Waals surface area (Å²) in [6.45, 7) is 3.60. The summed E-state index contributed by atoms with van der Waals surface area (Å²) in [5.74, 6) is -0.293. The number of rotatable bonds is 4. The fourth-order valence-electron chi connectivity index (χ4n) is 1.99. The largest absolute Gasteiger partial charge is 0.483 e. The summed E-state index contributed by atoms with van der Waals surface area (Å²) < 4.78 is 5.80. The third kappa shape index (κ3) is 4.40. The fourth-order valence-corrected chi connectivity index (χ4v) is 2.22. The normalized spacial score (nSPS) is 10.0. The van der Waals surface area contributed by atoms with Gasteiger partial charge in [-0.3, -0.25) is 20.4 Å². The molecule has 0 saturated heterocycles. The monoisotopic (exact) mass is 331 g/mol. The molecule has 3 N–H and O–H groups in total. The molecule has 0 saturated carbocycles. The lowest BCUT2D eigenvalue weighted by atomic mass is 10.1. The van der Waals surface area contributed by atoms with Gasteiger partial charge in [-0.15, -0.1) is 0 Å². The Kier molecular flexibility index (Phi) is 5.48. The van der Waals surface area contributed by atoms with Gasteiger partial charge in [0.25, 0.3) is 11.8 Å². The first kappa shape index (κ1) is 16.7. The molecule has 6 nitrogen and oxygen atoms in total. The van der Waals surface area contributed by atoms with Gasteiger partial charge in [-0.1, -0.05) is 30.4 Å². The lowest BCUT2D eigenvalue weighted by molar-refractivity contribution is -0.123. The van der Waals surface area contributed by atoms with Crippen molar-refractivity contribution >= 4 is 24.0 Å². The summed E-state index contributed by atoms with van der Waals surface area (Å²) >= 11 is 5.00. The van der Waals surface area contributed by atoms with Gasteiger partial charge in [0, 0.05) is 6.20 Å². The Bertz CT molecular complexity index is 766. The third-order valence-electron chi connectivity index (χ3n) is 3.13. The topological polar surface area (TPSA) is 83.2 Å². The van der Waals surface area contributed by atoms with Crippen LogP contribution in [0, 0.1) is 18.5 Å². The van der Waals surface area contributed by atoms with Gasteiger partial charge in [0.1, 0.15) is 10.4 Å². The van der Waals surface area contributed by atoms with Crippen molar-refractivity contribution in [3.05, 3.63) is 57.9 Å². The summed E-state index contributed by atoms with van der Waals surface area (Å²) in [5.41, 5.74) is 6.75. The first-order chi connectivity index (χ1) is 11.0. The number of aryl methyl sites for hydroxylation is 2. The maximum atomic E-state index is 11.9. The molecule has 7 heteroatoms. The number of pyridine rings is 1. The summed E-state index contributed by atoms with van der Waals surface area (Å²) in [7, 11) is 0. The second-order valence-electron chi connectivity index (χ2n) is 4.92. The Balaban J connectivity index is 1.87. The highest BCUT2D eigenvalue weighted by atomic mass is 32.1. The van der Waals surface area contributed by atoms with Crippen LogP contribution in [0.1, 0.15) is 21.5 Å². The van der Waals surface area contributed by atoms with Crippen LogP contribution in [0.2, 0.25) is 0 Å². The van der Waals surface area contributed by atoms with Gasteiger partial charge in [0.05, 0.1) is 5.56 Å². The minimum atomic E-state index is -0.493. The molecule has 120 valence electrons. The highest BCUT2D eigenvalue weighted by molar-refractivity contribution is 7.71. The number of nitrogens with one attached hydrogen (secondary N) is 3. The maximum Gasteiger partial charge on any atom is 0.276 e. The third-order valence-corrected chi connectivity index (χ3v) is 3.47. The minimum Gasteiger partial charge on any atom is -0.483 e. The van der Waals surface area contributed by atoms with Gasteiger partial charge >= 0.3 is 0 Å². The number of ether oxygens (including phenoxy) is 1. The van der Waals surface area contributed by atoms with Gasteiger partial charge in [-0.2, -0.15) is 0 Å². The van der Waals surface area contributed by atoms with Crippen molar-refractivity contribution in [2.75, 3.05) is 6.61 Å². The van der Waals surface area contributed by atoms with E-state index < -0.39 is 11.8 Å². The Morgan fingerprint density at radius 2 is 1.83 bits per heavy atom. The lowest BCUT2D eigenvalue weighted by Gasteiger charge is -2.12. The Morgan fingerprint density at radius 1 is 1.13 bits per heavy atom. The van der Waals surface area contributed by atoms with Gasteiger partial charge in [-0.25, -0.2) is 0 Å². The van der Waals surface area contributed by atoms with Crippen LogP contribution in [0.4, 0.5) is 0 Å². The van der Waals surface area contributed by atoms with Crippen LogP contribution in [-0.4, -0.2) is 23.4 Å². The number of H-pyrrole nitrogens is 1. The summed E-state index contributed by atoms with van der Waals surface area (Å²) in [4.78, 5) is 26.4. The number of hydrogen-bond donors (Lipinski definition) is 3. The molecule has 1 aromatic carbocycles. The van der Waals surface area contributed by atoms with Crippen LogP contribution >= 0.6 is 12.2 Å². The zero-order chi connectivity index (χ0) is 16.8. The van der Waals surface area contributed by atoms with Gasteiger partial charge in [0.2, 0.25) is 0 Å². The molecule has 0 aliphatic carbocycles. The summed E-state index contributed by atoms with van der Waals surface area (Å²) in [6, 6.07) is 8.93. The number of carbonyl (C=O) groups is 2. The zero-order valence-electron chi connectivity index (χ0n) is 12.8. The van der Waals surface area contributed by atoms with E-state index in [9.17, 15) is 9.59 Å². The average Bonchev–Trinajstić information content (AvgIpc) is 2.52. The van der Waals surface area contributed by atoms with E-state index >= 15 is 0 Å². The quantitative estimate of drug-likeness (QED) is 0.592. The van der Waals surface area contributed by atoms with E-state index in [2.05, 4.69) is 15.8 Å². The zero-order valence-corrected chi connectivity index (χ0v) is 13.6. The Labute approximate surface area is 138 Å². The van der Waals surface area contributed by atoms with Crippen LogP contribution in [0.15, 0.2) is 36.5 Å². The van der Waals surface area contributed by atoms with Crippen LogP contribution < -0.4 is 15.6 Å². The second-order valence-corrected chi connectivity index (χ2v) is 5.33. The molecule has 0 aliphatic rings. The smallest absolute Gasteiger partial charge is 0.276 e. The van der Waals surface area contributed by atoms with E-state index in [0.29, 0.717) is 10.4 Å². The molecule has 0 bridgehead atoms. The van der Waals surface area contributed by atoms with Crippen LogP contribution in [0.3, 0.4) is 0 Å². The fraction of sp³-hybridized carbons (Fsp3) is 0.188. The molecule has 1 heterocycles. The minimum absolute atomic E-state index is 0.201. The van der Waals surface area contributed by atoms with Crippen LogP contribution in [0.5, 0.6) is 5.75 Å². The van der Waals surface area contributed by atoms with Crippen LogP contribution in [0.25, 0.3) is 0 Å². The molecule has 0 fully saturated rings. The molecular weight excluding hydrogens is 314 g/mol. The lowest BCUT2D eigenvalue weighted by Crippen LogP contribution is -2.44. The van der Waals surface area contributed by atoms with Gasteiger partial charge in [-0.05, 0) is 37.1 Å². The molecule has 0 atom stereocenters. The first-order valence-corrected chi connectivity index (χ1v) is 7.36. The number of aromatic nitrogens is 1. The van der Waals surface area contributed by atoms with E-state index in [-0.39, 0.29) is 12.2 Å². The van der Waals surface area contributed by atoms with E-state index in [1.165, 1.54) is 0 Å². The van der Waals surface area contributed by atoms with E-state index in [1.54, 1.807) is 18.3 Å². The van der Waals surface area contributed by atoms with E-state index in [1.807, 2.05) is 32.0 Å². The molecule has 1 aromatic heterocycles. The van der Waals surface area contributed by atoms with Crippen LogP contribution in [-0.2, 0) is 4.79 Å². The van der Waals surface area contributed by atoms with Crippen molar-refractivity contribution in [3.63, 3.8) is 0 Å². The van der Waals surface area contributed by atoms with Crippen molar-refractivity contribution < 1.29 is 14.3 Å². The highest BCUT2D eigenvalue weighted by Gasteiger charge is 2.10. The SMILES string of the molecule is Cc1cccc(C)c1OCC(=O)NNC(=O)c1ccc[nH]c1=S. The van der Waals surface area contributed by atoms with Gasteiger partial charge < -0.3 is 9.72 Å². The predicted octanol–water partition coefficient (Wildman–Crippen LogP) is 2.20. The second kappa shape index (κ2) is 7.55. The van der Waals surface area contributed by atoms with E-state index in [4.69, 9.17) is 17.0 Å².